The molecule has 1 saturated heterocycles. The Hall–Kier alpha value is -1.26. The monoisotopic (exact) mass is 237 g/mol. The van der Waals surface area contributed by atoms with Crippen LogP contribution in [0.15, 0.2) is 24.3 Å². The van der Waals surface area contributed by atoms with Gasteiger partial charge in [-0.1, -0.05) is 12.1 Å². The average Bonchev–Trinajstić information content (AvgIpc) is 2.39. The molecule has 0 amide bonds. The smallest absolute Gasteiger partial charge is 0.163 e. The number of nitrogens with zero attached hydrogens (tertiary/aromatic N) is 1. The number of morpholine rings is 1. The zero-order chi connectivity index (χ0) is 11.9. The van der Waals surface area contributed by atoms with E-state index in [1.807, 2.05) is 31.2 Å². The fourth-order valence-corrected chi connectivity index (χ4v) is 1.74. The van der Waals surface area contributed by atoms with E-state index in [0.717, 1.165) is 37.8 Å². The van der Waals surface area contributed by atoms with Crippen molar-refractivity contribution in [2.75, 3.05) is 39.6 Å². The van der Waals surface area contributed by atoms with Crippen LogP contribution in [0.4, 0.5) is 0 Å². The first-order chi connectivity index (χ1) is 8.40. The van der Waals surface area contributed by atoms with Crippen molar-refractivity contribution in [1.82, 2.24) is 4.90 Å². The number of hydrogen-bond acceptors (Lipinski definition) is 4. The third-order valence-corrected chi connectivity index (χ3v) is 2.66. The minimum atomic E-state index is 0.591. The van der Waals surface area contributed by atoms with Crippen molar-refractivity contribution in [3.63, 3.8) is 0 Å². The lowest BCUT2D eigenvalue weighted by molar-refractivity contribution is 0.00344. The molecule has 0 bridgehead atoms. The van der Waals surface area contributed by atoms with Crippen LogP contribution in [0, 0.1) is 0 Å². The molecule has 0 unspecified atom stereocenters. The van der Waals surface area contributed by atoms with Crippen LogP contribution in [-0.2, 0) is 4.74 Å². The lowest BCUT2D eigenvalue weighted by Crippen LogP contribution is -2.38. The highest BCUT2D eigenvalue weighted by Gasteiger charge is 2.11. The van der Waals surface area contributed by atoms with E-state index in [1.165, 1.54) is 0 Å². The summed E-state index contributed by atoms with van der Waals surface area (Å²) >= 11 is 0. The molecule has 0 aliphatic carbocycles. The number of ether oxygens (including phenoxy) is 3. The molecule has 0 aromatic heterocycles. The van der Waals surface area contributed by atoms with E-state index in [0.29, 0.717) is 13.3 Å². The van der Waals surface area contributed by atoms with Crippen molar-refractivity contribution in [2.24, 2.45) is 0 Å². The summed E-state index contributed by atoms with van der Waals surface area (Å²) < 4.78 is 16.6. The summed E-state index contributed by atoms with van der Waals surface area (Å²) in [7, 11) is 0. The highest BCUT2D eigenvalue weighted by atomic mass is 16.5. The van der Waals surface area contributed by atoms with Gasteiger partial charge in [-0.25, -0.2) is 0 Å². The van der Waals surface area contributed by atoms with Crippen LogP contribution in [0.5, 0.6) is 11.5 Å². The van der Waals surface area contributed by atoms with Crippen LogP contribution >= 0.6 is 0 Å². The highest BCUT2D eigenvalue weighted by molar-refractivity contribution is 5.39. The molecule has 0 atom stereocenters. The Bertz CT molecular complexity index is 337. The quantitative estimate of drug-likeness (QED) is 0.780. The molecule has 0 spiro atoms. The molecule has 94 valence electrons. The van der Waals surface area contributed by atoms with Gasteiger partial charge in [0.1, 0.15) is 6.73 Å². The van der Waals surface area contributed by atoms with Crippen molar-refractivity contribution in [1.29, 1.82) is 0 Å². The average molecular weight is 237 g/mol. The number of rotatable bonds is 5. The van der Waals surface area contributed by atoms with Crippen LogP contribution in [-0.4, -0.2) is 44.5 Å². The topological polar surface area (TPSA) is 30.9 Å². The lowest BCUT2D eigenvalue weighted by atomic mass is 10.3. The first-order valence-corrected chi connectivity index (χ1v) is 6.05. The summed E-state index contributed by atoms with van der Waals surface area (Å²) in [5.74, 6) is 1.61. The molecule has 1 aliphatic heterocycles. The Morgan fingerprint density at radius 2 is 1.76 bits per heavy atom. The van der Waals surface area contributed by atoms with Crippen molar-refractivity contribution >= 4 is 0 Å². The van der Waals surface area contributed by atoms with E-state index in [9.17, 15) is 0 Å². The molecular weight excluding hydrogens is 218 g/mol. The van der Waals surface area contributed by atoms with Gasteiger partial charge in [-0.3, -0.25) is 4.90 Å². The molecule has 1 aromatic rings. The highest BCUT2D eigenvalue weighted by Crippen LogP contribution is 2.26. The maximum Gasteiger partial charge on any atom is 0.163 e. The molecule has 0 saturated carbocycles. The maximum atomic E-state index is 5.77. The molecule has 0 radical (unpaired) electrons. The molecule has 4 heteroatoms. The number of benzene rings is 1. The van der Waals surface area contributed by atoms with E-state index in [2.05, 4.69) is 4.90 Å². The van der Waals surface area contributed by atoms with Gasteiger partial charge < -0.3 is 14.2 Å². The van der Waals surface area contributed by atoms with Gasteiger partial charge in [-0.2, -0.15) is 0 Å². The van der Waals surface area contributed by atoms with Gasteiger partial charge in [0, 0.05) is 13.1 Å². The predicted octanol–water partition coefficient (Wildman–Crippen LogP) is 1.75. The summed E-state index contributed by atoms with van der Waals surface area (Å²) in [5.41, 5.74) is 0. The summed E-state index contributed by atoms with van der Waals surface area (Å²) in [6.07, 6.45) is 0. The van der Waals surface area contributed by atoms with Gasteiger partial charge in [0.25, 0.3) is 0 Å². The molecule has 2 rings (SSSR count). The summed E-state index contributed by atoms with van der Waals surface area (Å²) in [5, 5.41) is 0. The standard InChI is InChI=1S/C13H19NO3/c1-2-16-12-5-3-4-6-13(12)17-11-14-7-9-15-10-8-14/h3-6H,2,7-11H2,1H3. The van der Waals surface area contributed by atoms with Crippen LogP contribution in [0.3, 0.4) is 0 Å². The normalized spacial score (nSPS) is 16.8. The summed E-state index contributed by atoms with van der Waals surface area (Å²) in [4.78, 5) is 2.23. The van der Waals surface area contributed by atoms with Crippen molar-refractivity contribution < 1.29 is 14.2 Å². The minimum absolute atomic E-state index is 0.591. The molecular formula is C13H19NO3. The Morgan fingerprint density at radius 1 is 1.12 bits per heavy atom. The Morgan fingerprint density at radius 3 is 2.41 bits per heavy atom. The maximum absolute atomic E-state index is 5.77. The fourth-order valence-electron chi connectivity index (χ4n) is 1.74. The molecule has 1 aliphatic rings. The van der Waals surface area contributed by atoms with E-state index >= 15 is 0 Å². The van der Waals surface area contributed by atoms with Gasteiger partial charge >= 0.3 is 0 Å². The molecule has 0 N–H and O–H groups in total. The van der Waals surface area contributed by atoms with Crippen LogP contribution in [0.25, 0.3) is 0 Å². The van der Waals surface area contributed by atoms with Crippen molar-refractivity contribution in [3.8, 4) is 11.5 Å². The molecule has 1 aromatic carbocycles. The first kappa shape index (κ1) is 12.2. The van der Waals surface area contributed by atoms with E-state index in [4.69, 9.17) is 14.2 Å². The van der Waals surface area contributed by atoms with E-state index in [1.54, 1.807) is 0 Å². The Labute approximate surface area is 102 Å². The second-order valence-electron chi connectivity index (χ2n) is 3.88. The molecule has 1 fully saturated rings. The Balaban J connectivity index is 1.88. The number of hydrogen-bond donors (Lipinski definition) is 0. The second kappa shape index (κ2) is 6.47. The van der Waals surface area contributed by atoms with Gasteiger partial charge in [-0.05, 0) is 19.1 Å². The van der Waals surface area contributed by atoms with Crippen molar-refractivity contribution in [2.45, 2.75) is 6.92 Å². The van der Waals surface area contributed by atoms with E-state index < -0.39 is 0 Å². The van der Waals surface area contributed by atoms with Gasteiger partial charge in [0.05, 0.1) is 19.8 Å². The van der Waals surface area contributed by atoms with Gasteiger partial charge in [-0.15, -0.1) is 0 Å². The lowest BCUT2D eigenvalue weighted by Gasteiger charge is -2.26. The predicted molar refractivity (Wildman–Crippen MR) is 65.5 cm³/mol. The summed E-state index contributed by atoms with van der Waals surface area (Å²) in [6, 6.07) is 7.77. The van der Waals surface area contributed by atoms with Gasteiger partial charge in [0.2, 0.25) is 0 Å². The zero-order valence-corrected chi connectivity index (χ0v) is 10.2. The first-order valence-electron chi connectivity index (χ1n) is 6.05. The third kappa shape index (κ3) is 3.61. The summed E-state index contributed by atoms with van der Waals surface area (Å²) in [6.45, 7) is 6.64. The zero-order valence-electron chi connectivity index (χ0n) is 10.2. The molecule has 17 heavy (non-hydrogen) atoms. The molecule has 1 heterocycles. The Kier molecular flexibility index (Phi) is 4.64. The SMILES string of the molecule is CCOc1ccccc1OCN1CCOCC1. The van der Waals surface area contributed by atoms with Crippen LogP contribution < -0.4 is 9.47 Å². The van der Waals surface area contributed by atoms with Crippen LogP contribution in [0.2, 0.25) is 0 Å². The third-order valence-electron chi connectivity index (χ3n) is 2.66. The number of para-hydroxylation sites is 2. The van der Waals surface area contributed by atoms with E-state index in [-0.39, 0.29) is 0 Å². The van der Waals surface area contributed by atoms with Crippen molar-refractivity contribution in [3.05, 3.63) is 24.3 Å². The fraction of sp³-hybridized carbons (Fsp3) is 0.538. The molecule has 4 nitrogen and oxygen atoms in total. The minimum Gasteiger partial charge on any atom is -0.490 e. The van der Waals surface area contributed by atoms with Crippen LogP contribution in [0.1, 0.15) is 6.92 Å². The largest absolute Gasteiger partial charge is 0.490 e. The van der Waals surface area contributed by atoms with Gasteiger partial charge in [0.15, 0.2) is 11.5 Å². The second-order valence-corrected chi connectivity index (χ2v) is 3.88.